The van der Waals surface area contributed by atoms with E-state index in [4.69, 9.17) is 4.89 Å². The fourth-order valence-electron chi connectivity index (χ4n) is 0.741. The van der Waals surface area contributed by atoms with Crippen LogP contribution in [-0.2, 0) is 15.0 Å². The average molecular weight is 245 g/mol. The number of carbonyl (C=O) groups excluding carboxylic acids is 1. The Bertz CT molecular complexity index is 281. The lowest BCUT2D eigenvalue weighted by molar-refractivity contribution is -0.210. The number of benzene rings is 1. The molecule has 0 aliphatic rings. The van der Waals surface area contributed by atoms with E-state index in [-0.39, 0.29) is 0 Å². The van der Waals surface area contributed by atoms with Gasteiger partial charge >= 0.3 is 5.97 Å². The summed E-state index contributed by atoms with van der Waals surface area (Å²) in [5.74, 6) is 0.0458. The molecule has 3 nitrogen and oxygen atoms in total. The monoisotopic (exact) mass is 244 g/mol. The average Bonchev–Trinajstić information content (AvgIpc) is 2.15. The second-order valence-corrected chi connectivity index (χ2v) is 3.00. The van der Waals surface area contributed by atoms with Crippen molar-refractivity contribution < 1.29 is 14.6 Å². The van der Waals surface area contributed by atoms with Gasteiger partial charge in [0.25, 0.3) is 0 Å². The van der Waals surface area contributed by atoms with E-state index < -0.39 is 5.97 Å². The van der Waals surface area contributed by atoms with Crippen LogP contribution in [0.4, 0.5) is 0 Å². The molecule has 1 rings (SSSR count). The molecule has 1 aromatic rings. The fraction of sp³-hybridized carbons (Fsp3) is 0.222. The topological polar surface area (TPSA) is 35.5 Å². The Morgan fingerprint density at radius 1 is 1.38 bits per heavy atom. The van der Waals surface area contributed by atoms with Gasteiger partial charge in [0.05, 0.1) is 0 Å². The maximum atomic E-state index is 10.4. The first-order valence-electron chi connectivity index (χ1n) is 3.72. The van der Waals surface area contributed by atoms with E-state index in [0.29, 0.717) is 5.75 Å². The van der Waals surface area contributed by atoms with Crippen LogP contribution in [0.3, 0.4) is 0 Å². The zero-order valence-corrected chi connectivity index (χ0v) is 8.71. The third-order valence-corrected chi connectivity index (χ3v) is 1.98. The smallest absolute Gasteiger partial charge is 0.287 e. The molecule has 13 heavy (non-hydrogen) atoms. The zero-order chi connectivity index (χ0) is 9.68. The van der Waals surface area contributed by atoms with Crippen molar-refractivity contribution in [2.75, 3.05) is 0 Å². The van der Waals surface area contributed by atoms with Gasteiger partial charge in [-0.15, -0.1) is 0 Å². The maximum Gasteiger partial charge on any atom is 0.352 e. The molecule has 0 saturated carbocycles. The number of alkyl halides is 1. The minimum absolute atomic E-state index is 0.468. The molecule has 1 aromatic carbocycles. The molecule has 70 valence electrons. The summed E-state index contributed by atoms with van der Waals surface area (Å²) >= 11 is 3.32. The van der Waals surface area contributed by atoms with Crippen LogP contribution < -0.4 is 4.89 Å². The van der Waals surface area contributed by atoms with Crippen molar-refractivity contribution in [1.82, 2.24) is 0 Å². The predicted molar refractivity (Wildman–Crippen MR) is 51.5 cm³/mol. The summed E-state index contributed by atoms with van der Waals surface area (Å²) in [5, 5.41) is 0.793. The highest BCUT2D eigenvalue weighted by atomic mass is 79.9. The van der Waals surface area contributed by atoms with Crippen LogP contribution in [0.25, 0.3) is 0 Å². The third kappa shape index (κ3) is 3.46. The Hall–Kier alpha value is -1.03. The fourth-order valence-corrected chi connectivity index (χ4v) is 1.11. The quantitative estimate of drug-likeness (QED) is 0.466. The maximum absolute atomic E-state index is 10.4. The molecule has 0 N–H and O–H groups in total. The van der Waals surface area contributed by atoms with Crippen LogP contribution in [0.15, 0.2) is 24.3 Å². The molecule has 0 saturated heterocycles. The number of carbonyl (C=O) groups is 1. The van der Waals surface area contributed by atoms with Crippen molar-refractivity contribution in [2.45, 2.75) is 12.3 Å². The SMILES string of the molecule is CC(=O)OOc1ccc(CBr)cc1. The normalized spacial score (nSPS) is 9.38. The second-order valence-electron chi connectivity index (χ2n) is 2.44. The molecule has 0 aliphatic heterocycles. The van der Waals surface area contributed by atoms with Gasteiger partial charge in [-0.05, 0) is 17.7 Å². The molecule has 0 amide bonds. The van der Waals surface area contributed by atoms with Gasteiger partial charge in [-0.1, -0.05) is 28.1 Å². The van der Waals surface area contributed by atoms with E-state index >= 15 is 0 Å². The summed E-state index contributed by atoms with van der Waals surface area (Å²) in [6.07, 6.45) is 0. The molecule has 0 unspecified atom stereocenters. The third-order valence-electron chi connectivity index (χ3n) is 1.33. The number of hydrogen-bond donors (Lipinski definition) is 0. The lowest BCUT2D eigenvalue weighted by atomic mass is 10.2. The van der Waals surface area contributed by atoms with Crippen LogP contribution >= 0.6 is 15.9 Å². The standard InChI is InChI=1S/C9H9BrO3/c1-7(11)12-13-9-4-2-8(6-10)3-5-9/h2-5H,6H2,1H3. The Morgan fingerprint density at radius 3 is 2.46 bits per heavy atom. The molecule has 0 bridgehead atoms. The van der Waals surface area contributed by atoms with Gasteiger partial charge in [-0.25, -0.2) is 4.79 Å². The van der Waals surface area contributed by atoms with E-state index in [1.54, 1.807) is 12.1 Å². The summed E-state index contributed by atoms with van der Waals surface area (Å²) in [5.41, 5.74) is 1.13. The summed E-state index contributed by atoms with van der Waals surface area (Å²) < 4.78 is 0. The Kier molecular flexibility index (Phi) is 3.76. The molecule has 0 fully saturated rings. The van der Waals surface area contributed by atoms with E-state index in [2.05, 4.69) is 20.8 Å². The van der Waals surface area contributed by atoms with E-state index in [9.17, 15) is 4.79 Å². The number of hydrogen-bond acceptors (Lipinski definition) is 3. The van der Waals surface area contributed by atoms with Gasteiger partial charge in [-0.2, -0.15) is 0 Å². The van der Waals surface area contributed by atoms with Crippen molar-refractivity contribution in [1.29, 1.82) is 0 Å². The summed E-state index contributed by atoms with van der Waals surface area (Å²) in [6.45, 7) is 1.28. The number of rotatable bonds is 3. The van der Waals surface area contributed by atoms with Gasteiger partial charge in [0.1, 0.15) is 0 Å². The van der Waals surface area contributed by atoms with E-state index in [1.807, 2.05) is 12.1 Å². The van der Waals surface area contributed by atoms with Crippen molar-refractivity contribution in [3.05, 3.63) is 29.8 Å². The molecule has 4 heteroatoms. The highest BCUT2D eigenvalue weighted by Gasteiger charge is 1.97. The lowest BCUT2D eigenvalue weighted by Crippen LogP contribution is -2.02. The van der Waals surface area contributed by atoms with Crippen molar-refractivity contribution in [3.8, 4) is 5.75 Å². The Labute approximate surface area is 84.7 Å². The lowest BCUT2D eigenvalue weighted by Gasteiger charge is -2.02. The molecule has 0 heterocycles. The van der Waals surface area contributed by atoms with E-state index in [0.717, 1.165) is 10.9 Å². The largest absolute Gasteiger partial charge is 0.352 e. The van der Waals surface area contributed by atoms with Gasteiger partial charge < -0.3 is 0 Å². The van der Waals surface area contributed by atoms with Gasteiger partial charge in [0.2, 0.25) is 0 Å². The molecule has 0 radical (unpaired) electrons. The molecule has 0 spiro atoms. The van der Waals surface area contributed by atoms with Gasteiger partial charge in [0, 0.05) is 12.3 Å². The van der Waals surface area contributed by atoms with Gasteiger partial charge in [0.15, 0.2) is 5.75 Å². The molecule has 0 aliphatic carbocycles. The first kappa shape index (κ1) is 10.1. The molecular formula is C9H9BrO3. The first-order valence-corrected chi connectivity index (χ1v) is 4.84. The highest BCUT2D eigenvalue weighted by Crippen LogP contribution is 2.14. The van der Waals surface area contributed by atoms with Crippen LogP contribution in [0.1, 0.15) is 12.5 Å². The Balaban J connectivity index is 2.54. The Morgan fingerprint density at radius 2 is 2.00 bits per heavy atom. The summed E-state index contributed by atoms with van der Waals surface area (Å²) in [4.78, 5) is 19.4. The van der Waals surface area contributed by atoms with Crippen molar-refractivity contribution in [3.63, 3.8) is 0 Å². The van der Waals surface area contributed by atoms with Crippen LogP contribution in [0, 0.1) is 0 Å². The summed E-state index contributed by atoms with van der Waals surface area (Å²) in [6, 6.07) is 7.24. The van der Waals surface area contributed by atoms with Crippen LogP contribution in [0.5, 0.6) is 5.75 Å². The minimum Gasteiger partial charge on any atom is -0.287 e. The predicted octanol–water partition coefficient (Wildman–Crippen LogP) is 2.44. The minimum atomic E-state index is -0.468. The molecular weight excluding hydrogens is 236 g/mol. The zero-order valence-electron chi connectivity index (χ0n) is 7.12. The number of halogens is 1. The first-order chi connectivity index (χ1) is 6.22. The van der Waals surface area contributed by atoms with Gasteiger partial charge in [-0.3, -0.25) is 9.78 Å². The van der Waals surface area contributed by atoms with E-state index in [1.165, 1.54) is 6.92 Å². The highest BCUT2D eigenvalue weighted by molar-refractivity contribution is 9.08. The van der Waals surface area contributed by atoms with Crippen LogP contribution in [0.2, 0.25) is 0 Å². The van der Waals surface area contributed by atoms with Crippen LogP contribution in [-0.4, -0.2) is 5.97 Å². The second kappa shape index (κ2) is 4.87. The van der Waals surface area contributed by atoms with Crippen molar-refractivity contribution in [2.24, 2.45) is 0 Å². The summed E-state index contributed by atoms with van der Waals surface area (Å²) in [7, 11) is 0. The molecule has 0 atom stereocenters. The molecule has 0 aromatic heterocycles. The van der Waals surface area contributed by atoms with Crippen molar-refractivity contribution >= 4 is 21.9 Å².